The van der Waals surface area contributed by atoms with Crippen LogP contribution in [-0.4, -0.2) is 24.3 Å². The van der Waals surface area contributed by atoms with Crippen molar-refractivity contribution in [1.29, 1.82) is 0 Å². The van der Waals surface area contributed by atoms with Crippen LogP contribution in [0, 0.1) is 5.92 Å². The molecule has 1 fully saturated rings. The lowest BCUT2D eigenvalue weighted by molar-refractivity contribution is -0.248. The molecule has 0 aromatic heterocycles. The molecule has 0 unspecified atom stereocenters. The van der Waals surface area contributed by atoms with E-state index in [1.54, 1.807) is 0 Å². The fourth-order valence-corrected chi connectivity index (χ4v) is 0.702. The summed E-state index contributed by atoms with van der Waals surface area (Å²) in [5, 5.41) is 8.26. The van der Waals surface area contributed by atoms with E-state index in [0.717, 1.165) is 0 Å². The van der Waals surface area contributed by atoms with Gasteiger partial charge >= 0.3 is 5.97 Å². The van der Waals surface area contributed by atoms with Crippen LogP contribution in [-0.2, 0) is 14.6 Å². The molecule has 52 valence electrons. The van der Waals surface area contributed by atoms with E-state index >= 15 is 0 Å². The smallest absolute Gasteiger partial charge is 0.303 e. The number of carbonyl (C=O) groups is 1. The Morgan fingerprint density at radius 2 is 2.11 bits per heavy atom. The van der Waals surface area contributed by atoms with Crippen LogP contribution in [0.25, 0.3) is 0 Å². The maximum atomic E-state index is 10.0. The molecule has 0 aromatic rings. The van der Waals surface area contributed by atoms with Crippen molar-refractivity contribution in [3.05, 3.63) is 0 Å². The van der Waals surface area contributed by atoms with Crippen LogP contribution in [0.1, 0.15) is 6.42 Å². The first kappa shape index (κ1) is 6.51. The topological polar surface area (TPSA) is 55.8 Å². The third kappa shape index (κ3) is 1.99. The molecule has 4 nitrogen and oxygen atoms in total. The van der Waals surface area contributed by atoms with Crippen LogP contribution in [0.15, 0.2) is 0 Å². The minimum atomic E-state index is -0.797. The van der Waals surface area contributed by atoms with Crippen LogP contribution < -0.4 is 0 Å². The van der Waals surface area contributed by atoms with Crippen LogP contribution in [0.5, 0.6) is 0 Å². The normalized spacial score (nSPS) is 20.4. The zero-order valence-corrected chi connectivity index (χ0v) is 4.87. The number of carboxylic acids is 1. The van der Waals surface area contributed by atoms with Gasteiger partial charge in [-0.05, 0) is 0 Å². The fourth-order valence-electron chi connectivity index (χ4n) is 0.702. The number of hydrogen-bond acceptors (Lipinski definition) is 3. The van der Waals surface area contributed by atoms with Crippen LogP contribution in [0.4, 0.5) is 0 Å². The Labute approximate surface area is 52.3 Å². The minimum absolute atomic E-state index is 0.0440. The zero-order chi connectivity index (χ0) is 6.69. The molecule has 1 aliphatic heterocycles. The van der Waals surface area contributed by atoms with E-state index in [1.165, 1.54) is 0 Å². The Balaban J connectivity index is 2.19. The lowest BCUT2D eigenvalue weighted by Gasteiger charge is -1.96. The molecule has 0 atom stereocenters. The van der Waals surface area contributed by atoms with E-state index in [9.17, 15) is 4.79 Å². The molecule has 1 N–H and O–H groups in total. The van der Waals surface area contributed by atoms with Gasteiger partial charge in [-0.25, -0.2) is 9.78 Å². The number of carboxylic acid groups (broad SMARTS) is 1. The Hall–Kier alpha value is -0.610. The van der Waals surface area contributed by atoms with Crippen molar-refractivity contribution >= 4 is 5.97 Å². The molecule has 0 aliphatic carbocycles. The highest BCUT2D eigenvalue weighted by atomic mass is 17.2. The summed E-state index contributed by atoms with van der Waals surface area (Å²) in [6.45, 7) is 0.818. The van der Waals surface area contributed by atoms with Gasteiger partial charge in [-0.15, -0.1) is 0 Å². The molecule has 0 spiro atoms. The largest absolute Gasteiger partial charge is 0.481 e. The monoisotopic (exact) mass is 132 g/mol. The van der Waals surface area contributed by atoms with Crippen molar-refractivity contribution in [1.82, 2.24) is 0 Å². The molecule has 0 aromatic carbocycles. The molecular formula is C5H8O4. The van der Waals surface area contributed by atoms with Crippen molar-refractivity contribution < 1.29 is 19.7 Å². The second-order valence-electron chi connectivity index (χ2n) is 2.03. The van der Waals surface area contributed by atoms with Gasteiger partial charge in [0, 0.05) is 5.92 Å². The van der Waals surface area contributed by atoms with Gasteiger partial charge in [0.05, 0.1) is 19.6 Å². The van der Waals surface area contributed by atoms with E-state index in [1.807, 2.05) is 0 Å². The number of rotatable bonds is 2. The molecule has 1 saturated heterocycles. The quantitative estimate of drug-likeness (QED) is 0.539. The molecule has 4 heteroatoms. The first-order valence-electron chi connectivity index (χ1n) is 2.75. The summed E-state index contributed by atoms with van der Waals surface area (Å²) in [5.74, 6) is -0.753. The van der Waals surface area contributed by atoms with Crippen molar-refractivity contribution in [2.24, 2.45) is 5.92 Å². The molecule has 1 rings (SSSR count). The Morgan fingerprint density at radius 3 is 2.56 bits per heavy atom. The predicted octanol–water partition coefficient (Wildman–Crippen LogP) is 0.0391. The Bertz CT molecular complexity index is 106. The molecule has 0 amide bonds. The van der Waals surface area contributed by atoms with Gasteiger partial charge < -0.3 is 5.11 Å². The lowest BCUT2D eigenvalue weighted by atomic mass is 10.1. The van der Waals surface area contributed by atoms with Crippen molar-refractivity contribution in [2.45, 2.75) is 6.42 Å². The van der Waals surface area contributed by atoms with E-state index < -0.39 is 5.97 Å². The Kier molecular flexibility index (Phi) is 2.02. The second-order valence-corrected chi connectivity index (χ2v) is 2.03. The maximum Gasteiger partial charge on any atom is 0.303 e. The zero-order valence-electron chi connectivity index (χ0n) is 4.87. The van der Waals surface area contributed by atoms with E-state index in [0.29, 0.717) is 13.2 Å². The van der Waals surface area contributed by atoms with Crippen molar-refractivity contribution in [3.63, 3.8) is 0 Å². The van der Waals surface area contributed by atoms with Gasteiger partial charge in [0.25, 0.3) is 0 Å². The van der Waals surface area contributed by atoms with Crippen molar-refractivity contribution in [3.8, 4) is 0 Å². The molecule has 0 bridgehead atoms. The van der Waals surface area contributed by atoms with Gasteiger partial charge in [-0.3, -0.25) is 4.79 Å². The summed E-state index contributed by atoms with van der Waals surface area (Å²) in [6, 6.07) is 0. The maximum absolute atomic E-state index is 10.0. The van der Waals surface area contributed by atoms with E-state index in [4.69, 9.17) is 5.11 Å². The number of aliphatic carboxylic acids is 1. The second kappa shape index (κ2) is 2.80. The highest BCUT2D eigenvalue weighted by Gasteiger charge is 2.19. The summed E-state index contributed by atoms with van der Waals surface area (Å²) < 4.78 is 0. The first-order valence-corrected chi connectivity index (χ1v) is 2.75. The third-order valence-electron chi connectivity index (χ3n) is 1.15. The Morgan fingerprint density at radius 1 is 1.56 bits per heavy atom. The van der Waals surface area contributed by atoms with Gasteiger partial charge in [0.15, 0.2) is 0 Å². The highest BCUT2D eigenvalue weighted by Crippen LogP contribution is 2.11. The molecule has 9 heavy (non-hydrogen) atoms. The first-order chi connectivity index (χ1) is 4.29. The molecule has 1 aliphatic rings. The average molecular weight is 132 g/mol. The van der Waals surface area contributed by atoms with Crippen molar-refractivity contribution in [2.75, 3.05) is 13.2 Å². The van der Waals surface area contributed by atoms with E-state index in [2.05, 4.69) is 9.78 Å². The molecular weight excluding hydrogens is 124 g/mol. The summed E-state index contributed by atoms with van der Waals surface area (Å²) >= 11 is 0. The highest BCUT2D eigenvalue weighted by molar-refractivity contribution is 5.67. The van der Waals surface area contributed by atoms with Crippen LogP contribution >= 0.6 is 0 Å². The number of hydrogen-bond donors (Lipinski definition) is 1. The lowest BCUT2D eigenvalue weighted by Crippen LogP contribution is -2.09. The predicted molar refractivity (Wildman–Crippen MR) is 27.6 cm³/mol. The summed E-state index contributed by atoms with van der Waals surface area (Å²) in [5.41, 5.74) is 0. The van der Waals surface area contributed by atoms with Crippen LogP contribution in [0.2, 0.25) is 0 Å². The third-order valence-corrected chi connectivity index (χ3v) is 1.15. The van der Waals surface area contributed by atoms with Gasteiger partial charge in [0.2, 0.25) is 0 Å². The SMILES string of the molecule is O=C(O)CC1COOC1. The van der Waals surface area contributed by atoms with E-state index in [-0.39, 0.29) is 12.3 Å². The van der Waals surface area contributed by atoms with Gasteiger partial charge in [-0.2, -0.15) is 0 Å². The molecule has 1 heterocycles. The minimum Gasteiger partial charge on any atom is -0.481 e. The van der Waals surface area contributed by atoms with Gasteiger partial charge in [0.1, 0.15) is 0 Å². The fraction of sp³-hybridized carbons (Fsp3) is 0.800. The van der Waals surface area contributed by atoms with Crippen LogP contribution in [0.3, 0.4) is 0 Å². The molecule has 0 radical (unpaired) electrons. The summed E-state index contributed by atoms with van der Waals surface area (Å²) in [7, 11) is 0. The van der Waals surface area contributed by atoms with Gasteiger partial charge in [-0.1, -0.05) is 0 Å². The standard InChI is InChI=1S/C5H8O4/c6-5(7)1-4-2-8-9-3-4/h4H,1-3H2,(H,6,7). The summed E-state index contributed by atoms with van der Waals surface area (Å²) in [6.07, 6.45) is 0.139. The average Bonchev–Trinajstić information content (AvgIpc) is 2.15. The molecule has 0 saturated carbocycles. The summed E-state index contributed by atoms with van der Waals surface area (Å²) in [4.78, 5) is 19.0.